The van der Waals surface area contributed by atoms with Crippen molar-refractivity contribution in [1.29, 1.82) is 0 Å². The SMILES string of the molecule is CC1(C)CCN(c2csc(Cl)n2)C1. The molecule has 2 heterocycles. The van der Waals surface area contributed by atoms with Crippen molar-refractivity contribution < 1.29 is 0 Å². The molecule has 0 saturated carbocycles. The molecule has 0 amide bonds. The Morgan fingerprint density at radius 3 is 2.85 bits per heavy atom. The molecule has 0 unspecified atom stereocenters. The van der Waals surface area contributed by atoms with E-state index in [9.17, 15) is 0 Å². The molecule has 0 aromatic carbocycles. The molecule has 13 heavy (non-hydrogen) atoms. The highest BCUT2D eigenvalue weighted by Crippen LogP contribution is 2.33. The van der Waals surface area contributed by atoms with Crippen LogP contribution in [0.5, 0.6) is 0 Å². The van der Waals surface area contributed by atoms with Gasteiger partial charge in [0.1, 0.15) is 5.82 Å². The summed E-state index contributed by atoms with van der Waals surface area (Å²) in [5.41, 5.74) is 0.427. The Balaban J connectivity index is 2.12. The number of anilines is 1. The quantitative estimate of drug-likeness (QED) is 0.718. The van der Waals surface area contributed by atoms with Gasteiger partial charge in [0.25, 0.3) is 0 Å². The smallest absolute Gasteiger partial charge is 0.185 e. The predicted octanol–water partition coefficient (Wildman–Crippen LogP) is 3.03. The molecule has 0 atom stereocenters. The van der Waals surface area contributed by atoms with Crippen molar-refractivity contribution in [2.24, 2.45) is 5.41 Å². The van der Waals surface area contributed by atoms with Crippen molar-refractivity contribution in [1.82, 2.24) is 4.98 Å². The summed E-state index contributed by atoms with van der Waals surface area (Å²) < 4.78 is 0.639. The first-order valence-electron chi connectivity index (χ1n) is 4.43. The minimum absolute atomic E-state index is 0.427. The molecule has 1 saturated heterocycles. The minimum atomic E-state index is 0.427. The van der Waals surface area contributed by atoms with Crippen LogP contribution >= 0.6 is 22.9 Å². The molecule has 1 aliphatic heterocycles. The van der Waals surface area contributed by atoms with Crippen LogP contribution in [-0.2, 0) is 0 Å². The Hall–Kier alpha value is -0.280. The number of halogens is 1. The highest BCUT2D eigenvalue weighted by molar-refractivity contribution is 7.14. The third-order valence-corrected chi connectivity index (χ3v) is 3.43. The third kappa shape index (κ3) is 1.97. The Labute approximate surface area is 87.5 Å². The standard InChI is InChI=1S/C9H13ClN2S/c1-9(2)3-4-12(6-9)7-5-13-8(10)11-7/h5H,3-4,6H2,1-2H3. The summed E-state index contributed by atoms with van der Waals surface area (Å²) in [6.07, 6.45) is 1.24. The number of hydrogen-bond acceptors (Lipinski definition) is 3. The van der Waals surface area contributed by atoms with Crippen LogP contribution in [0, 0.1) is 5.41 Å². The fraction of sp³-hybridized carbons (Fsp3) is 0.667. The fourth-order valence-electron chi connectivity index (χ4n) is 1.70. The summed E-state index contributed by atoms with van der Waals surface area (Å²) in [5, 5.41) is 2.03. The number of nitrogens with zero attached hydrogens (tertiary/aromatic N) is 2. The van der Waals surface area contributed by atoms with Gasteiger partial charge in [0.15, 0.2) is 4.47 Å². The lowest BCUT2D eigenvalue weighted by atomic mass is 9.93. The average Bonchev–Trinajstić information content (AvgIpc) is 2.56. The molecule has 2 rings (SSSR count). The van der Waals surface area contributed by atoms with Crippen LogP contribution in [0.4, 0.5) is 5.82 Å². The summed E-state index contributed by atoms with van der Waals surface area (Å²) in [7, 11) is 0. The van der Waals surface area contributed by atoms with E-state index in [0.29, 0.717) is 9.88 Å². The van der Waals surface area contributed by atoms with Crippen LogP contribution in [0.25, 0.3) is 0 Å². The largest absolute Gasteiger partial charge is 0.355 e. The zero-order valence-corrected chi connectivity index (χ0v) is 9.45. The number of aromatic nitrogens is 1. The van der Waals surface area contributed by atoms with Crippen LogP contribution < -0.4 is 4.90 Å². The lowest BCUT2D eigenvalue weighted by Crippen LogP contribution is -2.22. The Bertz CT molecular complexity index is 308. The van der Waals surface area contributed by atoms with Gasteiger partial charge >= 0.3 is 0 Å². The van der Waals surface area contributed by atoms with E-state index in [-0.39, 0.29) is 0 Å². The van der Waals surface area contributed by atoms with E-state index in [4.69, 9.17) is 11.6 Å². The van der Waals surface area contributed by atoms with Crippen molar-refractivity contribution in [3.63, 3.8) is 0 Å². The number of thiazole rings is 1. The van der Waals surface area contributed by atoms with Crippen molar-refractivity contribution in [3.8, 4) is 0 Å². The van der Waals surface area contributed by atoms with Crippen LogP contribution in [0.2, 0.25) is 4.47 Å². The molecule has 1 fully saturated rings. The summed E-state index contributed by atoms with van der Waals surface area (Å²) in [6.45, 7) is 6.78. The van der Waals surface area contributed by atoms with E-state index in [2.05, 4.69) is 23.7 Å². The van der Waals surface area contributed by atoms with Crippen molar-refractivity contribution in [2.75, 3.05) is 18.0 Å². The maximum Gasteiger partial charge on any atom is 0.185 e. The lowest BCUT2D eigenvalue weighted by Gasteiger charge is -2.18. The van der Waals surface area contributed by atoms with E-state index >= 15 is 0 Å². The second kappa shape index (κ2) is 3.14. The zero-order chi connectivity index (χ0) is 9.47. The number of hydrogen-bond donors (Lipinski definition) is 0. The molecule has 72 valence electrons. The first-order chi connectivity index (χ1) is 6.07. The van der Waals surface area contributed by atoms with Crippen LogP contribution in [-0.4, -0.2) is 18.1 Å². The molecule has 0 N–H and O–H groups in total. The lowest BCUT2D eigenvalue weighted by molar-refractivity contribution is 0.418. The van der Waals surface area contributed by atoms with Gasteiger partial charge in [-0.1, -0.05) is 25.4 Å². The van der Waals surface area contributed by atoms with Gasteiger partial charge in [0, 0.05) is 18.5 Å². The summed E-state index contributed by atoms with van der Waals surface area (Å²) in [4.78, 5) is 6.58. The highest BCUT2D eigenvalue weighted by Gasteiger charge is 2.30. The first-order valence-corrected chi connectivity index (χ1v) is 5.69. The van der Waals surface area contributed by atoms with Crippen LogP contribution in [0.15, 0.2) is 5.38 Å². The topological polar surface area (TPSA) is 16.1 Å². The Kier molecular flexibility index (Phi) is 2.24. The fourth-order valence-corrected chi connectivity index (χ4v) is 2.47. The molecule has 0 aliphatic carbocycles. The number of rotatable bonds is 1. The van der Waals surface area contributed by atoms with Gasteiger partial charge < -0.3 is 4.90 Å². The van der Waals surface area contributed by atoms with Gasteiger partial charge in [-0.15, -0.1) is 11.3 Å². The molecule has 2 nitrogen and oxygen atoms in total. The van der Waals surface area contributed by atoms with Gasteiger partial charge in [-0.3, -0.25) is 0 Å². The van der Waals surface area contributed by atoms with E-state index in [1.54, 1.807) is 0 Å². The maximum absolute atomic E-state index is 5.79. The minimum Gasteiger partial charge on any atom is -0.355 e. The van der Waals surface area contributed by atoms with E-state index in [1.165, 1.54) is 17.8 Å². The van der Waals surface area contributed by atoms with Gasteiger partial charge in [-0.05, 0) is 11.8 Å². The Morgan fingerprint density at radius 2 is 2.38 bits per heavy atom. The van der Waals surface area contributed by atoms with Gasteiger partial charge in [0.05, 0.1) is 0 Å². The predicted molar refractivity (Wildman–Crippen MR) is 57.7 cm³/mol. The van der Waals surface area contributed by atoms with Gasteiger partial charge in [-0.2, -0.15) is 0 Å². The van der Waals surface area contributed by atoms with Gasteiger partial charge in [-0.25, -0.2) is 4.98 Å². The molecule has 1 aromatic rings. The second-order valence-electron chi connectivity index (χ2n) is 4.29. The monoisotopic (exact) mass is 216 g/mol. The average molecular weight is 217 g/mol. The maximum atomic E-state index is 5.79. The van der Waals surface area contributed by atoms with E-state index in [1.807, 2.05) is 5.38 Å². The first kappa shape index (κ1) is 9.28. The van der Waals surface area contributed by atoms with Crippen molar-refractivity contribution in [2.45, 2.75) is 20.3 Å². The van der Waals surface area contributed by atoms with Crippen LogP contribution in [0.3, 0.4) is 0 Å². The molecular weight excluding hydrogens is 204 g/mol. The van der Waals surface area contributed by atoms with Crippen LogP contribution in [0.1, 0.15) is 20.3 Å². The van der Waals surface area contributed by atoms with E-state index < -0.39 is 0 Å². The highest BCUT2D eigenvalue weighted by atomic mass is 35.5. The third-order valence-electron chi connectivity index (χ3n) is 2.47. The molecular formula is C9H13ClN2S. The van der Waals surface area contributed by atoms with E-state index in [0.717, 1.165) is 18.9 Å². The second-order valence-corrected chi connectivity index (χ2v) is 5.73. The van der Waals surface area contributed by atoms with Crippen molar-refractivity contribution >= 4 is 28.8 Å². The molecule has 0 radical (unpaired) electrons. The molecule has 1 aromatic heterocycles. The Morgan fingerprint density at radius 1 is 1.62 bits per heavy atom. The molecule has 0 spiro atoms. The molecule has 1 aliphatic rings. The molecule has 4 heteroatoms. The van der Waals surface area contributed by atoms with Crippen molar-refractivity contribution in [3.05, 3.63) is 9.85 Å². The normalized spacial score (nSPS) is 21.0. The zero-order valence-electron chi connectivity index (χ0n) is 7.88. The summed E-state index contributed by atoms with van der Waals surface area (Å²) in [6, 6.07) is 0. The molecule has 0 bridgehead atoms. The summed E-state index contributed by atoms with van der Waals surface area (Å²) >= 11 is 7.29. The summed E-state index contributed by atoms with van der Waals surface area (Å²) in [5.74, 6) is 1.04. The van der Waals surface area contributed by atoms with Gasteiger partial charge in [0.2, 0.25) is 0 Å².